The Hall–Kier alpha value is -0.610. The molecule has 92 valence electrons. The lowest BCUT2D eigenvalue weighted by atomic mass is 9.95. The summed E-state index contributed by atoms with van der Waals surface area (Å²) in [5.74, 6) is 0.128. The largest absolute Gasteiger partial charge is 0.393 e. The van der Waals surface area contributed by atoms with Gasteiger partial charge in [0.05, 0.1) is 12.2 Å². The molecule has 0 bridgehead atoms. The molecule has 2 fully saturated rings. The molecule has 1 aliphatic carbocycles. The second-order valence-corrected chi connectivity index (χ2v) is 4.83. The Morgan fingerprint density at radius 1 is 1.19 bits per heavy atom. The average molecular weight is 227 g/mol. The van der Waals surface area contributed by atoms with Crippen LogP contribution in [0.1, 0.15) is 38.5 Å². The first-order valence-electron chi connectivity index (χ1n) is 6.33. The number of carbonyl (C=O) groups excluding carboxylic acids is 1. The fraction of sp³-hybridized carbons (Fsp3) is 0.917. The van der Waals surface area contributed by atoms with Crippen LogP contribution in [0.4, 0.5) is 0 Å². The Kier molecular flexibility index (Phi) is 4.18. The molecule has 2 aliphatic rings. The molecule has 2 rings (SSSR count). The molecule has 0 radical (unpaired) electrons. The Balaban J connectivity index is 1.65. The third-order valence-electron chi connectivity index (χ3n) is 3.55. The van der Waals surface area contributed by atoms with E-state index in [9.17, 15) is 9.90 Å². The van der Waals surface area contributed by atoms with Gasteiger partial charge in [0.15, 0.2) is 0 Å². The van der Waals surface area contributed by atoms with Crippen LogP contribution in [0, 0.1) is 0 Å². The van der Waals surface area contributed by atoms with E-state index in [1.807, 2.05) is 4.90 Å². The van der Waals surface area contributed by atoms with Crippen LogP contribution in [0.2, 0.25) is 0 Å². The zero-order valence-electron chi connectivity index (χ0n) is 9.73. The van der Waals surface area contributed by atoms with Crippen LogP contribution in [-0.4, -0.2) is 47.8 Å². The van der Waals surface area contributed by atoms with Crippen molar-refractivity contribution in [1.29, 1.82) is 0 Å². The molecule has 4 nitrogen and oxygen atoms in total. The van der Waals surface area contributed by atoms with Crippen molar-refractivity contribution in [2.75, 3.05) is 19.7 Å². The number of aliphatic hydroxyl groups excluding tert-OH is 1. The fourth-order valence-electron chi connectivity index (χ4n) is 2.46. The Morgan fingerprint density at radius 3 is 2.44 bits per heavy atom. The maximum atomic E-state index is 11.7. The minimum absolute atomic E-state index is 0.128. The molecule has 1 N–H and O–H groups in total. The molecule has 1 saturated carbocycles. The SMILES string of the molecule is O=C(COC1CCC(O)CC1)N1CCCC1. The molecule has 4 heteroatoms. The lowest BCUT2D eigenvalue weighted by Gasteiger charge is -2.26. The van der Waals surface area contributed by atoms with Crippen LogP contribution in [0.5, 0.6) is 0 Å². The van der Waals surface area contributed by atoms with Gasteiger partial charge in [0, 0.05) is 13.1 Å². The van der Waals surface area contributed by atoms with Crippen molar-refractivity contribution in [3.63, 3.8) is 0 Å². The molecule has 0 aromatic rings. The summed E-state index contributed by atoms with van der Waals surface area (Å²) in [4.78, 5) is 13.6. The van der Waals surface area contributed by atoms with E-state index >= 15 is 0 Å². The summed E-state index contributed by atoms with van der Waals surface area (Å²) in [7, 11) is 0. The first-order valence-corrected chi connectivity index (χ1v) is 6.33. The van der Waals surface area contributed by atoms with Gasteiger partial charge in [-0.2, -0.15) is 0 Å². The number of likely N-dealkylation sites (tertiary alicyclic amines) is 1. The van der Waals surface area contributed by atoms with Crippen LogP contribution in [0.25, 0.3) is 0 Å². The van der Waals surface area contributed by atoms with Crippen LogP contribution in [0.3, 0.4) is 0 Å². The van der Waals surface area contributed by atoms with Crippen molar-refractivity contribution in [2.45, 2.75) is 50.7 Å². The zero-order valence-corrected chi connectivity index (χ0v) is 9.73. The van der Waals surface area contributed by atoms with E-state index in [1.165, 1.54) is 0 Å². The molecule has 1 saturated heterocycles. The highest BCUT2D eigenvalue weighted by Gasteiger charge is 2.22. The van der Waals surface area contributed by atoms with E-state index in [0.717, 1.165) is 51.6 Å². The molecule has 0 atom stereocenters. The van der Waals surface area contributed by atoms with Crippen LogP contribution in [-0.2, 0) is 9.53 Å². The standard InChI is InChI=1S/C12H21NO3/c14-10-3-5-11(6-4-10)16-9-12(15)13-7-1-2-8-13/h10-11,14H,1-9H2. The summed E-state index contributed by atoms with van der Waals surface area (Å²) in [6.07, 6.45) is 5.65. The lowest BCUT2D eigenvalue weighted by molar-refractivity contribution is -0.138. The highest BCUT2D eigenvalue weighted by molar-refractivity contribution is 5.77. The highest BCUT2D eigenvalue weighted by atomic mass is 16.5. The summed E-state index contributed by atoms with van der Waals surface area (Å²) in [5, 5.41) is 9.35. The number of ether oxygens (including phenoxy) is 1. The predicted octanol–water partition coefficient (Wildman–Crippen LogP) is 0.929. The maximum absolute atomic E-state index is 11.7. The zero-order chi connectivity index (χ0) is 11.4. The van der Waals surface area contributed by atoms with Gasteiger partial charge < -0.3 is 14.7 Å². The van der Waals surface area contributed by atoms with Gasteiger partial charge in [-0.1, -0.05) is 0 Å². The van der Waals surface area contributed by atoms with Gasteiger partial charge in [0.1, 0.15) is 6.61 Å². The number of aliphatic hydroxyl groups is 1. The van der Waals surface area contributed by atoms with E-state index in [4.69, 9.17) is 4.74 Å². The molecule has 1 heterocycles. The summed E-state index contributed by atoms with van der Waals surface area (Å²) >= 11 is 0. The van der Waals surface area contributed by atoms with E-state index < -0.39 is 0 Å². The Labute approximate surface area is 96.6 Å². The molecule has 16 heavy (non-hydrogen) atoms. The summed E-state index contributed by atoms with van der Waals surface area (Å²) in [6, 6.07) is 0. The van der Waals surface area contributed by atoms with Gasteiger partial charge in [0.25, 0.3) is 0 Å². The topological polar surface area (TPSA) is 49.8 Å². The number of hydrogen-bond acceptors (Lipinski definition) is 3. The van der Waals surface area contributed by atoms with Gasteiger partial charge >= 0.3 is 0 Å². The first kappa shape index (κ1) is 11.9. The van der Waals surface area contributed by atoms with Crippen molar-refractivity contribution in [2.24, 2.45) is 0 Å². The third kappa shape index (κ3) is 3.19. The Bertz CT molecular complexity index is 230. The number of rotatable bonds is 3. The summed E-state index contributed by atoms with van der Waals surface area (Å²) in [6.45, 7) is 2.01. The number of nitrogens with zero attached hydrogens (tertiary/aromatic N) is 1. The smallest absolute Gasteiger partial charge is 0.248 e. The summed E-state index contributed by atoms with van der Waals surface area (Å²) in [5.41, 5.74) is 0. The second-order valence-electron chi connectivity index (χ2n) is 4.83. The normalized spacial score (nSPS) is 30.7. The molecule has 0 aromatic carbocycles. The predicted molar refractivity (Wildman–Crippen MR) is 60.0 cm³/mol. The number of carbonyl (C=O) groups is 1. The van der Waals surface area contributed by atoms with Crippen LogP contribution < -0.4 is 0 Å². The van der Waals surface area contributed by atoms with E-state index in [-0.39, 0.29) is 24.7 Å². The quantitative estimate of drug-likeness (QED) is 0.780. The van der Waals surface area contributed by atoms with Gasteiger partial charge in [-0.15, -0.1) is 0 Å². The second kappa shape index (κ2) is 5.64. The van der Waals surface area contributed by atoms with Gasteiger partial charge in [0.2, 0.25) is 5.91 Å². The monoisotopic (exact) mass is 227 g/mol. The molecular weight excluding hydrogens is 206 g/mol. The molecule has 1 amide bonds. The molecule has 1 aliphatic heterocycles. The molecule has 0 spiro atoms. The highest BCUT2D eigenvalue weighted by Crippen LogP contribution is 2.21. The molecule has 0 unspecified atom stereocenters. The molecule has 0 aromatic heterocycles. The van der Waals surface area contributed by atoms with Gasteiger partial charge in [-0.05, 0) is 38.5 Å². The van der Waals surface area contributed by atoms with E-state index in [0.29, 0.717) is 0 Å². The lowest BCUT2D eigenvalue weighted by Crippen LogP contribution is -2.34. The van der Waals surface area contributed by atoms with Crippen molar-refractivity contribution >= 4 is 5.91 Å². The van der Waals surface area contributed by atoms with Crippen molar-refractivity contribution in [1.82, 2.24) is 4.90 Å². The van der Waals surface area contributed by atoms with Gasteiger partial charge in [-0.25, -0.2) is 0 Å². The van der Waals surface area contributed by atoms with Crippen LogP contribution in [0.15, 0.2) is 0 Å². The van der Waals surface area contributed by atoms with E-state index in [1.54, 1.807) is 0 Å². The van der Waals surface area contributed by atoms with E-state index in [2.05, 4.69) is 0 Å². The average Bonchev–Trinajstić information content (AvgIpc) is 2.81. The Morgan fingerprint density at radius 2 is 1.81 bits per heavy atom. The first-order chi connectivity index (χ1) is 7.75. The third-order valence-corrected chi connectivity index (χ3v) is 3.55. The minimum atomic E-state index is -0.158. The maximum Gasteiger partial charge on any atom is 0.248 e. The number of hydrogen-bond donors (Lipinski definition) is 1. The number of amides is 1. The summed E-state index contributed by atoms with van der Waals surface area (Å²) < 4.78 is 5.60. The van der Waals surface area contributed by atoms with Gasteiger partial charge in [-0.3, -0.25) is 4.79 Å². The van der Waals surface area contributed by atoms with Crippen molar-refractivity contribution in [3.05, 3.63) is 0 Å². The van der Waals surface area contributed by atoms with Crippen LogP contribution >= 0.6 is 0 Å². The molecular formula is C12H21NO3. The minimum Gasteiger partial charge on any atom is -0.393 e. The van der Waals surface area contributed by atoms with Crippen molar-refractivity contribution < 1.29 is 14.6 Å². The fourth-order valence-corrected chi connectivity index (χ4v) is 2.46. The van der Waals surface area contributed by atoms with Crippen molar-refractivity contribution in [3.8, 4) is 0 Å².